The van der Waals surface area contributed by atoms with Gasteiger partial charge in [0.1, 0.15) is 5.03 Å². The average molecular weight is 241 g/mol. The zero-order valence-electron chi connectivity index (χ0n) is 7.77. The average Bonchev–Trinajstić information content (AvgIpc) is 2.74. The van der Waals surface area contributed by atoms with Gasteiger partial charge in [-0.05, 0) is 23.4 Å². The Morgan fingerprint density at radius 3 is 2.93 bits per heavy atom. The molecule has 0 amide bonds. The van der Waals surface area contributed by atoms with Crippen molar-refractivity contribution in [3.63, 3.8) is 0 Å². The monoisotopic (exact) mass is 240 g/mol. The van der Waals surface area contributed by atoms with Crippen LogP contribution in [0.2, 0.25) is 5.02 Å². The second-order valence-corrected chi connectivity index (χ2v) is 4.15. The predicted molar refractivity (Wildman–Crippen MR) is 59.8 cm³/mol. The minimum absolute atomic E-state index is 0.410. The van der Waals surface area contributed by atoms with Crippen molar-refractivity contribution in [2.75, 3.05) is 0 Å². The van der Waals surface area contributed by atoms with Gasteiger partial charge in [-0.2, -0.15) is 0 Å². The number of imidazole rings is 1. The Morgan fingerprint density at radius 2 is 2.27 bits per heavy atom. The fourth-order valence-corrected chi connectivity index (χ4v) is 2.15. The van der Waals surface area contributed by atoms with E-state index in [1.807, 2.05) is 6.07 Å². The molecule has 0 saturated heterocycles. The molecule has 0 aliphatic rings. The van der Waals surface area contributed by atoms with E-state index < -0.39 is 0 Å². The number of nitrogens with two attached hydrogens (primary N) is 1. The van der Waals surface area contributed by atoms with E-state index in [-0.39, 0.29) is 0 Å². The van der Waals surface area contributed by atoms with E-state index in [2.05, 4.69) is 15.0 Å². The zero-order chi connectivity index (χ0) is 10.7. The fraction of sp³-hybridized carbons (Fsp3) is 0.111. The number of pyridine rings is 1. The van der Waals surface area contributed by atoms with E-state index in [1.165, 1.54) is 11.8 Å². The third-order valence-electron chi connectivity index (χ3n) is 1.82. The first-order valence-corrected chi connectivity index (χ1v) is 5.51. The highest BCUT2D eigenvalue weighted by atomic mass is 35.5. The van der Waals surface area contributed by atoms with Crippen LogP contribution in [0.5, 0.6) is 0 Å². The lowest BCUT2D eigenvalue weighted by molar-refractivity contribution is 1.00. The van der Waals surface area contributed by atoms with Gasteiger partial charge in [-0.1, -0.05) is 11.6 Å². The largest absolute Gasteiger partial charge is 0.339 e. The van der Waals surface area contributed by atoms with Gasteiger partial charge in [-0.25, -0.2) is 9.97 Å². The van der Waals surface area contributed by atoms with Crippen LogP contribution in [0.3, 0.4) is 0 Å². The minimum atomic E-state index is 0.410. The Kier molecular flexibility index (Phi) is 3.25. The fourth-order valence-electron chi connectivity index (χ4n) is 1.09. The number of hydrogen-bond acceptors (Lipinski definition) is 4. The van der Waals surface area contributed by atoms with Crippen LogP contribution >= 0.6 is 23.4 Å². The molecule has 2 aromatic heterocycles. The Hall–Kier alpha value is -1.04. The number of hydrogen-bond donors (Lipinski definition) is 2. The number of aromatic amines is 1. The first-order valence-electron chi connectivity index (χ1n) is 4.32. The number of aromatic nitrogens is 3. The summed E-state index contributed by atoms with van der Waals surface area (Å²) in [6.07, 6.45) is 5.13. The molecular formula is C9H9ClN4S. The lowest BCUT2D eigenvalue weighted by atomic mass is 10.3. The number of nitrogens with zero attached hydrogens (tertiary/aromatic N) is 2. The molecule has 2 rings (SSSR count). The molecule has 3 N–H and O–H groups in total. The molecule has 0 aliphatic heterocycles. The van der Waals surface area contributed by atoms with Crippen LogP contribution in [0.15, 0.2) is 34.8 Å². The van der Waals surface area contributed by atoms with Crippen LogP contribution in [-0.2, 0) is 6.54 Å². The lowest BCUT2D eigenvalue weighted by Gasteiger charge is -2.04. The molecule has 0 radical (unpaired) electrons. The summed E-state index contributed by atoms with van der Waals surface area (Å²) >= 11 is 7.51. The van der Waals surface area contributed by atoms with Crippen LogP contribution in [0, 0.1) is 0 Å². The van der Waals surface area contributed by atoms with Crippen LogP contribution in [0.25, 0.3) is 0 Å². The molecule has 15 heavy (non-hydrogen) atoms. The van der Waals surface area contributed by atoms with E-state index in [0.717, 1.165) is 15.7 Å². The Morgan fingerprint density at radius 1 is 1.40 bits per heavy atom. The molecule has 0 aliphatic carbocycles. The third kappa shape index (κ3) is 2.31. The van der Waals surface area contributed by atoms with E-state index in [4.69, 9.17) is 17.3 Å². The van der Waals surface area contributed by atoms with Crippen LogP contribution in [0.4, 0.5) is 0 Å². The van der Waals surface area contributed by atoms with Crippen LogP contribution < -0.4 is 5.73 Å². The van der Waals surface area contributed by atoms with Crippen molar-refractivity contribution in [2.24, 2.45) is 5.73 Å². The Labute approximate surface area is 96.3 Å². The second-order valence-electron chi connectivity index (χ2n) is 2.79. The van der Waals surface area contributed by atoms with Gasteiger partial charge in [-0.3, -0.25) is 0 Å². The maximum absolute atomic E-state index is 6.12. The smallest absolute Gasteiger partial charge is 0.171 e. The zero-order valence-corrected chi connectivity index (χ0v) is 9.35. The van der Waals surface area contributed by atoms with Gasteiger partial charge in [0.05, 0.1) is 5.02 Å². The lowest BCUT2D eigenvalue weighted by Crippen LogP contribution is -1.98. The predicted octanol–water partition coefficient (Wildman–Crippen LogP) is 2.07. The molecule has 78 valence electrons. The summed E-state index contributed by atoms with van der Waals surface area (Å²) in [7, 11) is 0. The van der Waals surface area contributed by atoms with E-state index in [1.54, 1.807) is 18.6 Å². The highest BCUT2D eigenvalue weighted by Gasteiger charge is 2.08. The summed E-state index contributed by atoms with van der Waals surface area (Å²) < 4.78 is 0. The maximum atomic E-state index is 6.12. The van der Waals surface area contributed by atoms with E-state index >= 15 is 0 Å². The van der Waals surface area contributed by atoms with Crippen molar-refractivity contribution in [3.8, 4) is 0 Å². The first kappa shape index (κ1) is 10.5. The minimum Gasteiger partial charge on any atom is -0.339 e. The molecule has 0 spiro atoms. The summed E-state index contributed by atoms with van der Waals surface area (Å²) in [6.45, 7) is 0.410. The molecule has 0 aromatic carbocycles. The standard InChI is InChI=1S/C9H9ClN4S/c10-7-6(5-11)1-2-12-8(7)15-9-13-3-4-14-9/h1-4H,5,11H2,(H,13,14). The van der Waals surface area contributed by atoms with Crippen molar-refractivity contribution in [2.45, 2.75) is 16.7 Å². The summed E-state index contributed by atoms with van der Waals surface area (Å²) in [5, 5.41) is 2.08. The molecular weight excluding hydrogens is 232 g/mol. The molecule has 6 heteroatoms. The molecule has 4 nitrogen and oxygen atoms in total. The molecule has 0 unspecified atom stereocenters. The van der Waals surface area contributed by atoms with Crippen molar-refractivity contribution >= 4 is 23.4 Å². The summed E-state index contributed by atoms with van der Waals surface area (Å²) in [6, 6.07) is 1.81. The molecule has 0 fully saturated rings. The van der Waals surface area contributed by atoms with Gasteiger partial charge in [0.15, 0.2) is 5.16 Å². The summed E-state index contributed by atoms with van der Waals surface area (Å²) in [5.41, 5.74) is 6.44. The highest BCUT2D eigenvalue weighted by Crippen LogP contribution is 2.31. The van der Waals surface area contributed by atoms with Crippen LogP contribution in [0.1, 0.15) is 5.56 Å². The highest BCUT2D eigenvalue weighted by molar-refractivity contribution is 7.99. The number of rotatable bonds is 3. The van der Waals surface area contributed by atoms with Crippen molar-refractivity contribution in [1.29, 1.82) is 0 Å². The molecule has 0 saturated carbocycles. The van der Waals surface area contributed by atoms with E-state index in [0.29, 0.717) is 11.6 Å². The van der Waals surface area contributed by atoms with Gasteiger partial charge >= 0.3 is 0 Å². The molecule has 2 aromatic rings. The summed E-state index contributed by atoms with van der Waals surface area (Å²) in [4.78, 5) is 11.2. The Bertz CT molecular complexity index is 443. The van der Waals surface area contributed by atoms with Gasteiger partial charge < -0.3 is 10.7 Å². The summed E-state index contributed by atoms with van der Waals surface area (Å²) in [5.74, 6) is 0. The quantitative estimate of drug-likeness (QED) is 0.862. The van der Waals surface area contributed by atoms with Gasteiger partial charge in [0, 0.05) is 25.1 Å². The topological polar surface area (TPSA) is 67.6 Å². The number of halogens is 1. The number of H-pyrrole nitrogens is 1. The van der Waals surface area contributed by atoms with Crippen molar-refractivity contribution < 1.29 is 0 Å². The first-order chi connectivity index (χ1) is 7.31. The van der Waals surface area contributed by atoms with Gasteiger partial charge in [-0.15, -0.1) is 0 Å². The molecule has 2 heterocycles. The SMILES string of the molecule is NCc1ccnc(Sc2ncc[nH]2)c1Cl. The second kappa shape index (κ2) is 4.65. The van der Waals surface area contributed by atoms with Crippen molar-refractivity contribution in [3.05, 3.63) is 35.2 Å². The molecule has 0 atom stereocenters. The normalized spacial score (nSPS) is 10.5. The van der Waals surface area contributed by atoms with Gasteiger partial charge in [0.25, 0.3) is 0 Å². The Balaban J connectivity index is 2.29. The maximum Gasteiger partial charge on any atom is 0.171 e. The van der Waals surface area contributed by atoms with Crippen molar-refractivity contribution in [1.82, 2.24) is 15.0 Å². The van der Waals surface area contributed by atoms with E-state index in [9.17, 15) is 0 Å². The van der Waals surface area contributed by atoms with Gasteiger partial charge in [0.2, 0.25) is 0 Å². The van der Waals surface area contributed by atoms with Crippen LogP contribution in [-0.4, -0.2) is 15.0 Å². The molecule has 0 bridgehead atoms. The third-order valence-corrected chi connectivity index (χ3v) is 3.28. The number of nitrogens with one attached hydrogen (secondary N) is 1.